The number of halogens is 5. The van der Waals surface area contributed by atoms with Gasteiger partial charge in [0, 0.05) is 65.6 Å². The smallest absolute Gasteiger partial charge is 0.355 e. The lowest BCUT2D eigenvalue weighted by atomic mass is 9.75. The summed E-state index contributed by atoms with van der Waals surface area (Å²) < 4.78 is 65.7. The van der Waals surface area contributed by atoms with E-state index in [-0.39, 0.29) is 29.0 Å². The first-order valence-corrected chi connectivity index (χ1v) is 16.6. The van der Waals surface area contributed by atoms with Crippen molar-refractivity contribution in [2.45, 2.75) is 71.9 Å². The number of carbonyl (C=O) groups is 1. The average molecular weight is 676 g/mol. The van der Waals surface area contributed by atoms with E-state index in [0.717, 1.165) is 31.8 Å². The van der Waals surface area contributed by atoms with Gasteiger partial charge >= 0.3 is 6.18 Å². The van der Waals surface area contributed by atoms with Crippen molar-refractivity contribution in [3.8, 4) is 0 Å². The fourth-order valence-electron chi connectivity index (χ4n) is 6.44. The Bertz CT molecular complexity index is 1790. The maximum absolute atomic E-state index is 13.8. The predicted octanol–water partition coefficient (Wildman–Crippen LogP) is 10.8. The summed E-state index contributed by atoms with van der Waals surface area (Å²) >= 11 is 0. The number of carbonyl (C=O) groups excluding carboxylic acids is 1. The summed E-state index contributed by atoms with van der Waals surface area (Å²) in [5, 5.41) is 11.4. The molecule has 0 saturated carbocycles. The minimum atomic E-state index is -4.28. The zero-order valence-electron chi connectivity index (χ0n) is 28.3. The Morgan fingerprint density at radius 2 is 1.59 bits per heavy atom. The Hall–Kier alpha value is -4.49. The van der Waals surface area contributed by atoms with Crippen LogP contribution in [0, 0.1) is 30.6 Å². The molecule has 3 aromatic carbocycles. The van der Waals surface area contributed by atoms with Crippen LogP contribution in [0.15, 0.2) is 95.8 Å². The molecule has 4 nitrogen and oxygen atoms in total. The largest absolute Gasteiger partial charge is 0.420 e. The normalized spacial score (nSPS) is 16.9. The molecule has 0 spiro atoms. The number of allylic oxidation sites excluding steroid dienone is 3. The fraction of sp³-hybridized carbons (Fsp3) is 0.375. The number of nitrogens with one attached hydrogen (secondary N) is 2. The molecule has 0 radical (unpaired) electrons. The molecule has 2 aliphatic carbocycles. The molecular formula is C40H42F5N3O. The Balaban J connectivity index is 0.000000514. The summed E-state index contributed by atoms with van der Waals surface area (Å²) in [5.41, 5.74) is 7.37. The topological polar surface area (TPSA) is 56.2 Å². The lowest BCUT2D eigenvalue weighted by molar-refractivity contribution is -0.0944. The minimum Gasteiger partial charge on any atom is -0.355 e. The van der Waals surface area contributed by atoms with Crippen molar-refractivity contribution < 1.29 is 26.7 Å². The zero-order valence-corrected chi connectivity index (χ0v) is 28.3. The number of piperidine rings is 1. The van der Waals surface area contributed by atoms with Crippen LogP contribution in [-0.2, 0) is 5.92 Å². The number of hydrogen-bond donors (Lipinski definition) is 2. The molecule has 3 aromatic rings. The zero-order chi connectivity index (χ0) is 35.6. The molecule has 1 aliphatic heterocycles. The molecule has 3 aliphatic rings. The van der Waals surface area contributed by atoms with E-state index in [9.17, 15) is 26.7 Å². The third-order valence-corrected chi connectivity index (χ3v) is 9.80. The Kier molecular flexibility index (Phi) is 10.3. The average Bonchev–Trinajstić information content (AvgIpc) is 3.82. The van der Waals surface area contributed by atoms with Gasteiger partial charge in [-0.2, -0.15) is 13.2 Å². The highest BCUT2D eigenvalue weighted by Gasteiger charge is 2.44. The highest BCUT2D eigenvalue weighted by atomic mass is 19.4. The standard InChI is InChI=1S/C32H32F5N3O.C8H10/c1-20(38)27-18-22(6-7-28(27)39-26-5-3-4-24(19-26)30(2,33)34)29(41)40-14-9-23(10-15-40)31(12-13-31)11-8-21-16-25(17-21)32(35,36)37;1-7-5-3-4-6-8(7)2/h3-7,12-13,18-19,23,38-39H,8-11,14-16H2,1-2H3;3-6H,1-2H3. The summed E-state index contributed by atoms with van der Waals surface area (Å²) in [6, 6.07) is 19.3. The number of nitrogens with zero attached hydrogens (tertiary/aromatic N) is 1. The first-order chi connectivity index (χ1) is 23.1. The maximum Gasteiger partial charge on any atom is 0.420 e. The van der Waals surface area contributed by atoms with Crippen LogP contribution in [-0.4, -0.2) is 35.8 Å². The SMILES string of the molecule is CC(=N)c1cc(C(=O)N2CCC(C3(CCC4=C=C(C(F)(F)F)C4)C=C3)CC2)ccc1Nc1cccc(C(C)(F)F)c1.Cc1ccccc1C. The van der Waals surface area contributed by atoms with Crippen molar-refractivity contribution in [2.75, 3.05) is 18.4 Å². The molecule has 1 heterocycles. The van der Waals surface area contributed by atoms with Gasteiger partial charge in [-0.15, -0.1) is 5.73 Å². The second-order valence-electron chi connectivity index (χ2n) is 13.5. The van der Waals surface area contributed by atoms with E-state index in [1.54, 1.807) is 42.2 Å². The van der Waals surface area contributed by atoms with Gasteiger partial charge < -0.3 is 15.6 Å². The summed E-state index contributed by atoms with van der Waals surface area (Å²) in [6.45, 7) is 7.84. The predicted molar refractivity (Wildman–Crippen MR) is 185 cm³/mol. The lowest BCUT2D eigenvalue weighted by Crippen LogP contribution is -2.41. The molecule has 1 saturated heterocycles. The van der Waals surface area contributed by atoms with Crippen LogP contribution in [0.5, 0.6) is 0 Å². The van der Waals surface area contributed by atoms with Gasteiger partial charge in [0.2, 0.25) is 0 Å². The number of hydrogen-bond acceptors (Lipinski definition) is 3. The molecule has 2 N–H and O–H groups in total. The summed E-state index contributed by atoms with van der Waals surface area (Å²) in [6.07, 6.45) is 2.95. The van der Waals surface area contributed by atoms with Gasteiger partial charge in [-0.3, -0.25) is 4.79 Å². The second-order valence-corrected chi connectivity index (χ2v) is 13.5. The minimum absolute atomic E-state index is 0.0287. The van der Waals surface area contributed by atoms with Crippen LogP contribution >= 0.6 is 0 Å². The summed E-state index contributed by atoms with van der Waals surface area (Å²) in [7, 11) is 0. The second kappa shape index (κ2) is 14.2. The lowest BCUT2D eigenvalue weighted by Gasteiger charge is -2.37. The molecule has 1 amide bonds. The van der Waals surface area contributed by atoms with Crippen LogP contribution in [0.2, 0.25) is 0 Å². The van der Waals surface area contributed by atoms with Crippen molar-refractivity contribution in [1.82, 2.24) is 4.90 Å². The molecule has 0 unspecified atom stereocenters. The van der Waals surface area contributed by atoms with E-state index in [1.807, 2.05) is 0 Å². The fourth-order valence-corrected chi connectivity index (χ4v) is 6.44. The van der Waals surface area contributed by atoms with Crippen molar-refractivity contribution >= 4 is 23.0 Å². The van der Waals surface area contributed by atoms with E-state index < -0.39 is 17.7 Å². The molecule has 6 rings (SSSR count). The number of likely N-dealkylation sites (tertiary alicyclic amines) is 1. The quantitative estimate of drug-likeness (QED) is 0.103. The number of aryl methyl sites for hydroxylation is 2. The molecule has 258 valence electrons. The highest BCUT2D eigenvalue weighted by Crippen LogP contribution is 2.52. The van der Waals surface area contributed by atoms with Crippen LogP contribution in [0.25, 0.3) is 0 Å². The third-order valence-electron chi connectivity index (χ3n) is 9.80. The summed E-state index contributed by atoms with van der Waals surface area (Å²) in [5.74, 6) is -2.77. The Labute approximate surface area is 284 Å². The molecule has 0 aromatic heterocycles. The number of rotatable bonds is 9. The van der Waals surface area contributed by atoms with Gasteiger partial charge in [0.25, 0.3) is 11.8 Å². The van der Waals surface area contributed by atoms with Crippen LogP contribution < -0.4 is 5.32 Å². The number of amides is 1. The number of benzene rings is 3. The van der Waals surface area contributed by atoms with Crippen LogP contribution in [0.1, 0.15) is 78.6 Å². The van der Waals surface area contributed by atoms with Crippen molar-refractivity contribution in [2.24, 2.45) is 11.3 Å². The molecule has 9 heteroatoms. The molecule has 0 atom stereocenters. The molecule has 49 heavy (non-hydrogen) atoms. The molecular weight excluding hydrogens is 633 g/mol. The third kappa shape index (κ3) is 8.76. The van der Waals surface area contributed by atoms with Gasteiger partial charge in [-0.1, -0.05) is 48.6 Å². The van der Waals surface area contributed by atoms with E-state index in [4.69, 9.17) is 5.41 Å². The Morgan fingerprint density at radius 3 is 2.12 bits per heavy atom. The monoisotopic (exact) mass is 675 g/mol. The summed E-state index contributed by atoms with van der Waals surface area (Å²) in [4.78, 5) is 15.2. The van der Waals surface area contributed by atoms with Gasteiger partial charge in [-0.05, 0) is 99.4 Å². The van der Waals surface area contributed by atoms with Gasteiger partial charge in [0.1, 0.15) is 0 Å². The maximum atomic E-state index is 13.8. The number of alkyl halides is 5. The van der Waals surface area contributed by atoms with Crippen LogP contribution in [0.3, 0.4) is 0 Å². The first-order valence-electron chi connectivity index (χ1n) is 16.6. The van der Waals surface area contributed by atoms with Crippen LogP contribution in [0.4, 0.5) is 33.3 Å². The van der Waals surface area contributed by atoms with Crippen molar-refractivity contribution in [1.29, 1.82) is 5.41 Å². The molecule has 0 bridgehead atoms. The highest BCUT2D eigenvalue weighted by molar-refractivity contribution is 6.05. The van der Waals surface area contributed by atoms with Crippen molar-refractivity contribution in [3.05, 3.63) is 124 Å². The van der Waals surface area contributed by atoms with Gasteiger partial charge in [-0.25, -0.2) is 8.78 Å². The van der Waals surface area contributed by atoms with Gasteiger partial charge in [0.05, 0.1) is 5.57 Å². The van der Waals surface area contributed by atoms with Crippen molar-refractivity contribution in [3.63, 3.8) is 0 Å². The van der Waals surface area contributed by atoms with E-state index in [1.165, 1.54) is 23.3 Å². The van der Waals surface area contributed by atoms with Gasteiger partial charge in [0.15, 0.2) is 0 Å². The van der Waals surface area contributed by atoms with E-state index in [0.29, 0.717) is 47.9 Å². The molecule has 1 fully saturated rings. The first kappa shape index (κ1) is 35.8. The Morgan fingerprint density at radius 1 is 0.959 bits per heavy atom. The van der Waals surface area contributed by atoms with E-state index >= 15 is 0 Å². The van der Waals surface area contributed by atoms with E-state index in [2.05, 4.69) is 61.3 Å². The number of anilines is 2.